The summed E-state index contributed by atoms with van der Waals surface area (Å²) in [6, 6.07) is 10.9. The zero-order chi connectivity index (χ0) is 13.1. The van der Waals surface area contributed by atoms with Crippen LogP contribution in [0.4, 0.5) is 0 Å². The van der Waals surface area contributed by atoms with E-state index in [2.05, 4.69) is 11.1 Å². The van der Waals surface area contributed by atoms with Gasteiger partial charge in [0.2, 0.25) is 0 Å². The van der Waals surface area contributed by atoms with Gasteiger partial charge in [0.1, 0.15) is 5.82 Å². The first-order valence-electron chi connectivity index (χ1n) is 5.65. The molecule has 0 aliphatic heterocycles. The zero-order valence-electron chi connectivity index (χ0n) is 10.3. The molecule has 90 valence electrons. The molecule has 4 nitrogen and oxygen atoms in total. The SMILES string of the molecule is Cc1cc(=O)n(Cc2ccccc2C#N)c(C)n1. The van der Waals surface area contributed by atoms with Crippen LogP contribution in [0.2, 0.25) is 0 Å². The first-order valence-corrected chi connectivity index (χ1v) is 5.65. The van der Waals surface area contributed by atoms with Crippen molar-refractivity contribution in [2.75, 3.05) is 0 Å². The van der Waals surface area contributed by atoms with Gasteiger partial charge in [0, 0.05) is 11.8 Å². The maximum absolute atomic E-state index is 11.9. The maximum atomic E-state index is 11.9. The molecule has 0 saturated heterocycles. The maximum Gasteiger partial charge on any atom is 0.254 e. The third-order valence-electron chi connectivity index (χ3n) is 2.79. The summed E-state index contributed by atoms with van der Waals surface area (Å²) in [5, 5.41) is 9.03. The fourth-order valence-corrected chi connectivity index (χ4v) is 1.89. The Hall–Kier alpha value is -2.41. The van der Waals surface area contributed by atoms with Crippen LogP contribution in [0.3, 0.4) is 0 Å². The van der Waals surface area contributed by atoms with E-state index in [0.717, 1.165) is 5.56 Å². The Morgan fingerprint density at radius 3 is 2.72 bits per heavy atom. The third kappa shape index (κ3) is 2.30. The van der Waals surface area contributed by atoms with Gasteiger partial charge in [-0.15, -0.1) is 0 Å². The van der Waals surface area contributed by atoms with E-state index in [1.807, 2.05) is 18.2 Å². The van der Waals surface area contributed by atoms with Crippen LogP contribution in [-0.4, -0.2) is 9.55 Å². The molecule has 0 fully saturated rings. The second-order valence-electron chi connectivity index (χ2n) is 4.14. The summed E-state index contributed by atoms with van der Waals surface area (Å²) in [6.07, 6.45) is 0. The molecule has 0 spiro atoms. The normalized spacial score (nSPS) is 10.1. The van der Waals surface area contributed by atoms with Gasteiger partial charge in [0.25, 0.3) is 5.56 Å². The minimum Gasteiger partial charge on any atom is -0.292 e. The molecule has 0 unspecified atom stereocenters. The van der Waals surface area contributed by atoms with Gasteiger partial charge in [0.15, 0.2) is 0 Å². The summed E-state index contributed by atoms with van der Waals surface area (Å²) < 4.78 is 1.57. The van der Waals surface area contributed by atoms with Crippen molar-refractivity contribution in [3.05, 3.63) is 63.3 Å². The number of hydrogen-bond donors (Lipinski definition) is 0. The average molecular weight is 239 g/mol. The fourth-order valence-electron chi connectivity index (χ4n) is 1.89. The van der Waals surface area contributed by atoms with E-state index >= 15 is 0 Å². The van der Waals surface area contributed by atoms with Crippen LogP contribution in [0, 0.1) is 25.2 Å². The van der Waals surface area contributed by atoms with Crippen LogP contribution >= 0.6 is 0 Å². The fraction of sp³-hybridized carbons (Fsp3) is 0.214. The number of hydrogen-bond acceptors (Lipinski definition) is 3. The summed E-state index contributed by atoms with van der Waals surface area (Å²) in [5.74, 6) is 0.660. The first kappa shape index (κ1) is 12.1. The molecule has 0 saturated carbocycles. The number of aryl methyl sites for hydroxylation is 2. The van der Waals surface area contributed by atoms with E-state index in [9.17, 15) is 4.79 Å². The highest BCUT2D eigenvalue weighted by Gasteiger charge is 2.06. The Labute approximate surface area is 105 Å². The van der Waals surface area contributed by atoms with E-state index in [1.54, 1.807) is 24.5 Å². The molecule has 1 aromatic heterocycles. The molecule has 2 rings (SSSR count). The Morgan fingerprint density at radius 1 is 1.33 bits per heavy atom. The van der Waals surface area contributed by atoms with E-state index in [1.165, 1.54) is 6.07 Å². The van der Waals surface area contributed by atoms with Crippen molar-refractivity contribution < 1.29 is 0 Å². The van der Waals surface area contributed by atoms with Crippen LogP contribution in [0.25, 0.3) is 0 Å². The first-order chi connectivity index (χ1) is 8.61. The van der Waals surface area contributed by atoms with Gasteiger partial charge >= 0.3 is 0 Å². The van der Waals surface area contributed by atoms with Crippen molar-refractivity contribution in [1.82, 2.24) is 9.55 Å². The summed E-state index contributed by atoms with van der Waals surface area (Å²) in [4.78, 5) is 16.2. The lowest BCUT2D eigenvalue weighted by Gasteiger charge is -2.10. The van der Waals surface area contributed by atoms with Crippen LogP contribution in [0.1, 0.15) is 22.6 Å². The lowest BCUT2D eigenvalue weighted by atomic mass is 10.1. The molecule has 18 heavy (non-hydrogen) atoms. The Balaban J connectivity index is 2.48. The molecule has 4 heteroatoms. The van der Waals surface area contributed by atoms with Gasteiger partial charge in [-0.25, -0.2) is 4.98 Å². The van der Waals surface area contributed by atoms with Crippen LogP contribution < -0.4 is 5.56 Å². The van der Waals surface area contributed by atoms with Crippen LogP contribution in [0.5, 0.6) is 0 Å². The molecule has 0 amide bonds. The highest BCUT2D eigenvalue weighted by Crippen LogP contribution is 2.09. The molecule has 0 N–H and O–H groups in total. The quantitative estimate of drug-likeness (QED) is 0.802. The van der Waals surface area contributed by atoms with Gasteiger partial charge in [-0.2, -0.15) is 5.26 Å². The number of nitrogens with zero attached hydrogens (tertiary/aromatic N) is 3. The third-order valence-corrected chi connectivity index (χ3v) is 2.79. The highest BCUT2D eigenvalue weighted by atomic mass is 16.1. The van der Waals surface area contributed by atoms with E-state index in [0.29, 0.717) is 23.6 Å². The number of nitriles is 1. The molecule has 2 aromatic rings. The molecule has 0 bridgehead atoms. The molecule has 0 aliphatic carbocycles. The van der Waals surface area contributed by atoms with Crippen molar-refractivity contribution in [2.45, 2.75) is 20.4 Å². The molecule has 1 aromatic carbocycles. The molecule has 0 aliphatic rings. The Morgan fingerprint density at radius 2 is 2.06 bits per heavy atom. The lowest BCUT2D eigenvalue weighted by molar-refractivity contribution is 0.693. The van der Waals surface area contributed by atoms with Crippen molar-refractivity contribution >= 4 is 0 Å². The zero-order valence-corrected chi connectivity index (χ0v) is 10.3. The minimum atomic E-state index is -0.0901. The van der Waals surface area contributed by atoms with Gasteiger partial charge in [-0.3, -0.25) is 9.36 Å². The minimum absolute atomic E-state index is 0.0901. The summed E-state index contributed by atoms with van der Waals surface area (Å²) in [6.45, 7) is 3.97. The monoisotopic (exact) mass is 239 g/mol. The highest BCUT2D eigenvalue weighted by molar-refractivity contribution is 5.37. The lowest BCUT2D eigenvalue weighted by Crippen LogP contribution is -2.24. The molecule has 0 radical (unpaired) electrons. The van der Waals surface area contributed by atoms with Crippen molar-refractivity contribution in [2.24, 2.45) is 0 Å². The predicted octanol–water partition coefficient (Wildman–Crippen LogP) is 1.78. The average Bonchev–Trinajstić information content (AvgIpc) is 2.34. The number of rotatable bonds is 2. The van der Waals surface area contributed by atoms with Crippen LogP contribution in [0.15, 0.2) is 35.1 Å². The Kier molecular flexibility index (Phi) is 3.24. The van der Waals surface area contributed by atoms with Gasteiger partial charge in [0.05, 0.1) is 18.2 Å². The van der Waals surface area contributed by atoms with Gasteiger partial charge in [-0.1, -0.05) is 18.2 Å². The predicted molar refractivity (Wildman–Crippen MR) is 68.2 cm³/mol. The van der Waals surface area contributed by atoms with Crippen molar-refractivity contribution in [3.8, 4) is 6.07 Å². The van der Waals surface area contributed by atoms with Gasteiger partial charge < -0.3 is 0 Å². The summed E-state index contributed by atoms with van der Waals surface area (Å²) in [5.41, 5.74) is 2.04. The standard InChI is InChI=1S/C14H13N3O/c1-10-7-14(18)17(11(2)16-10)9-13-6-4-3-5-12(13)8-15/h3-7H,9H2,1-2H3. The molecular formula is C14H13N3O. The smallest absolute Gasteiger partial charge is 0.254 e. The second kappa shape index (κ2) is 4.84. The van der Waals surface area contributed by atoms with Gasteiger partial charge in [-0.05, 0) is 25.5 Å². The van der Waals surface area contributed by atoms with Crippen molar-refractivity contribution in [1.29, 1.82) is 5.26 Å². The molecule has 0 atom stereocenters. The van der Waals surface area contributed by atoms with Crippen molar-refractivity contribution in [3.63, 3.8) is 0 Å². The largest absolute Gasteiger partial charge is 0.292 e. The number of aromatic nitrogens is 2. The molecular weight excluding hydrogens is 226 g/mol. The second-order valence-corrected chi connectivity index (χ2v) is 4.14. The number of benzene rings is 1. The topological polar surface area (TPSA) is 58.7 Å². The van der Waals surface area contributed by atoms with E-state index < -0.39 is 0 Å². The van der Waals surface area contributed by atoms with E-state index in [-0.39, 0.29) is 5.56 Å². The van der Waals surface area contributed by atoms with E-state index in [4.69, 9.17) is 5.26 Å². The summed E-state index contributed by atoms with van der Waals surface area (Å²) in [7, 11) is 0. The molecule has 1 heterocycles. The van der Waals surface area contributed by atoms with Crippen LogP contribution in [-0.2, 0) is 6.54 Å². The summed E-state index contributed by atoms with van der Waals surface area (Å²) >= 11 is 0. The Bertz CT molecular complexity index is 680.